The first-order chi connectivity index (χ1) is 10.1. The maximum atomic E-state index is 9.88. The lowest BCUT2D eigenvalue weighted by atomic mass is 10.1. The summed E-state index contributed by atoms with van der Waals surface area (Å²) in [6, 6.07) is 11.5. The molecule has 2 aromatic carbocycles. The fourth-order valence-corrected chi connectivity index (χ4v) is 3.05. The topological polar surface area (TPSA) is 76.2 Å². The maximum absolute atomic E-state index is 9.88. The van der Waals surface area contributed by atoms with E-state index in [1.165, 1.54) is 11.1 Å². The molecule has 0 aliphatic rings. The fraction of sp³-hybridized carbons (Fsp3) is 0.125. The molecule has 3 aromatic rings. The highest BCUT2D eigenvalue weighted by atomic mass is 32.1. The number of primary amides is 1. The lowest BCUT2D eigenvalue weighted by molar-refractivity contribution is -0.106. The summed E-state index contributed by atoms with van der Waals surface area (Å²) in [5.41, 5.74) is 8.47. The normalized spacial score (nSPS) is 10.0. The van der Waals surface area contributed by atoms with Gasteiger partial charge in [-0.15, -0.1) is 11.3 Å². The zero-order valence-corrected chi connectivity index (χ0v) is 12.6. The predicted octanol–water partition coefficient (Wildman–Crippen LogP) is 3.39. The van der Waals surface area contributed by atoms with E-state index in [4.69, 9.17) is 4.79 Å². The van der Waals surface area contributed by atoms with Gasteiger partial charge in [0.05, 0.1) is 15.8 Å². The number of rotatable bonds is 1. The van der Waals surface area contributed by atoms with Crippen molar-refractivity contribution in [3.8, 4) is 16.3 Å². The zero-order chi connectivity index (χ0) is 15.4. The van der Waals surface area contributed by atoms with E-state index in [1.807, 2.05) is 18.2 Å². The molecule has 1 amide bonds. The summed E-state index contributed by atoms with van der Waals surface area (Å²) in [7, 11) is 0. The molecule has 0 aliphatic carbocycles. The van der Waals surface area contributed by atoms with Gasteiger partial charge in [-0.3, -0.25) is 4.79 Å². The smallest absolute Gasteiger partial charge is 0.204 e. The molecule has 1 heterocycles. The van der Waals surface area contributed by atoms with Crippen LogP contribution < -0.4 is 5.73 Å². The number of amides is 1. The molecule has 0 saturated carbocycles. The molecule has 0 radical (unpaired) electrons. The van der Waals surface area contributed by atoms with E-state index in [9.17, 15) is 5.11 Å². The number of phenols is 1. The fourth-order valence-electron chi connectivity index (χ4n) is 2.00. The summed E-state index contributed by atoms with van der Waals surface area (Å²) in [4.78, 5) is 13.2. The van der Waals surface area contributed by atoms with E-state index in [0.717, 1.165) is 20.8 Å². The monoisotopic (exact) mass is 300 g/mol. The molecule has 21 heavy (non-hydrogen) atoms. The Morgan fingerprint density at radius 3 is 2.52 bits per heavy atom. The van der Waals surface area contributed by atoms with Gasteiger partial charge in [-0.25, -0.2) is 4.98 Å². The highest BCUT2D eigenvalue weighted by molar-refractivity contribution is 7.21. The number of nitrogens with two attached hydrogens (primary N) is 1. The van der Waals surface area contributed by atoms with Crippen molar-refractivity contribution < 1.29 is 9.90 Å². The quantitative estimate of drug-likeness (QED) is 0.676. The second-order valence-corrected chi connectivity index (χ2v) is 5.56. The molecule has 0 bridgehead atoms. The van der Waals surface area contributed by atoms with Gasteiger partial charge < -0.3 is 10.8 Å². The van der Waals surface area contributed by atoms with Crippen LogP contribution in [-0.4, -0.2) is 16.5 Å². The van der Waals surface area contributed by atoms with Gasteiger partial charge in [0.2, 0.25) is 6.41 Å². The summed E-state index contributed by atoms with van der Waals surface area (Å²) in [6.45, 7) is 4.18. The van der Waals surface area contributed by atoms with Gasteiger partial charge in [0.25, 0.3) is 0 Å². The number of phenolic OH excluding ortho intramolecular Hbond substituents is 1. The number of aromatic hydroxyl groups is 1. The molecule has 3 rings (SSSR count). The van der Waals surface area contributed by atoms with Gasteiger partial charge in [0.1, 0.15) is 10.8 Å². The van der Waals surface area contributed by atoms with E-state index in [-0.39, 0.29) is 12.2 Å². The van der Waals surface area contributed by atoms with Crippen LogP contribution in [0.3, 0.4) is 0 Å². The minimum atomic E-state index is 0.250. The maximum Gasteiger partial charge on any atom is 0.204 e. The number of aromatic nitrogens is 1. The number of nitrogens with zero attached hydrogens (tertiary/aromatic N) is 1. The van der Waals surface area contributed by atoms with Gasteiger partial charge in [0.15, 0.2) is 0 Å². The largest absolute Gasteiger partial charge is 0.507 e. The molecule has 0 spiro atoms. The summed E-state index contributed by atoms with van der Waals surface area (Å²) < 4.78 is 1.16. The first-order valence-electron chi connectivity index (χ1n) is 6.39. The predicted molar refractivity (Wildman–Crippen MR) is 86.4 cm³/mol. The third-order valence-corrected chi connectivity index (χ3v) is 4.27. The number of hydrogen-bond acceptors (Lipinski definition) is 4. The van der Waals surface area contributed by atoms with Crippen molar-refractivity contribution >= 4 is 28.0 Å². The molecule has 1 aromatic heterocycles. The van der Waals surface area contributed by atoms with Crippen LogP contribution in [-0.2, 0) is 4.79 Å². The van der Waals surface area contributed by atoms with E-state index < -0.39 is 0 Å². The number of carbonyl (C=O) groups excluding carboxylic acids is 1. The Balaban J connectivity index is 0.000000497. The second kappa shape index (κ2) is 6.37. The van der Waals surface area contributed by atoms with Gasteiger partial charge >= 0.3 is 0 Å². The van der Waals surface area contributed by atoms with Crippen LogP contribution in [0.4, 0.5) is 0 Å². The first-order valence-corrected chi connectivity index (χ1v) is 7.20. The Kier molecular flexibility index (Phi) is 4.55. The molecule has 0 saturated heterocycles. The Bertz CT molecular complexity index is 781. The van der Waals surface area contributed by atoms with Crippen molar-refractivity contribution in [2.45, 2.75) is 13.8 Å². The minimum absolute atomic E-state index is 0.250. The van der Waals surface area contributed by atoms with Crippen molar-refractivity contribution in [3.63, 3.8) is 0 Å². The molecular formula is C16H16N2O2S. The van der Waals surface area contributed by atoms with Crippen molar-refractivity contribution in [2.24, 2.45) is 5.73 Å². The highest BCUT2D eigenvalue weighted by Crippen LogP contribution is 2.36. The average Bonchev–Trinajstić information content (AvgIpc) is 2.89. The molecule has 0 atom stereocenters. The summed E-state index contributed by atoms with van der Waals surface area (Å²) in [5.74, 6) is 0.283. The van der Waals surface area contributed by atoms with Crippen LogP contribution in [0, 0.1) is 13.8 Å². The van der Waals surface area contributed by atoms with E-state index >= 15 is 0 Å². The lowest BCUT2D eigenvalue weighted by Gasteiger charge is -1.99. The second-order valence-electron chi connectivity index (χ2n) is 4.53. The van der Waals surface area contributed by atoms with E-state index in [1.54, 1.807) is 17.4 Å². The van der Waals surface area contributed by atoms with Crippen molar-refractivity contribution in [2.75, 3.05) is 0 Å². The molecule has 0 fully saturated rings. The number of aryl methyl sites for hydroxylation is 2. The molecular weight excluding hydrogens is 284 g/mol. The first kappa shape index (κ1) is 15.0. The Hall–Kier alpha value is -2.40. The minimum Gasteiger partial charge on any atom is -0.507 e. The summed E-state index contributed by atoms with van der Waals surface area (Å²) in [6.07, 6.45) is 0.250. The molecule has 0 unspecified atom stereocenters. The molecule has 5 heteroatoms. The molecule has 108 valence electrons. The molecule has 4 nitrogen and oxygen atoms in total. The lowest BCUT2D eigenvalue weighted by Crippen LogP contribution is -1.82. The Morgan fingerprint density at radius 1 is 1.19 bits per heavy atom. The van der Waals surface area contributed by atoms with Crippen molar-refractivity contribution in [3.05, 3.63) is 47.5 Å². The van der Waals surface area contributed by atoms with E-state index in [0.29, 0.717) is 0 Å². The van der Waals surface area contributed by atoms with Crippen molar-refractivity contribution in [1.29, 1.82) is 0 Å². The third-order valence-electron chi connectivity index (χ3n) is 3.22. The Labute approximate surface area is 126 Å². The van der Waals surface area contributed by atoms with E-state index in [2.05, 4.69) is 36.7 Å². The SMILES string of the molecule is Cc1ccc2sc(-c3ccccc3O)nc2c1C.NC=O. The molecule has 3 N–H and O–H groups in total. The molecule has 0 aliphatic heterocycles. The number of fused-ring (bicyclic) bond motifs is 1. The van der Waals surface area contributed by atoms with Crippen LogP contribution >= 0.6 is 11.3 Å². The summed E-state index contributed by atoms with van der Waals surface area (Å²) in [5, 5.41) is 10.8. The summed E-state index contributed by atoms with van der Waals surface area (Å²) >= 11 is 1.62. The van der Waals surface area contributed by atoms with Gasteiger partial charge in [0, 0.05) is 0 Å². The van der Waals surface area contributed by atoms with Crippen LogP contribution in [0.5, 0.6) is 5.75 Å². The number of hydrogen-bond donors (Lipinski definition) is 2. The standard InChI is InChI=1S/C15H13NOS.CH3NO/c1-9-7-8-13-14(10(9)2)16-15(18-13)11-5-3-4-6-12(11)17;2-1-3/h3-8,17H,1-2H3;1H,(H2,2,3). The number of carbonyl (C=O) groups is 1. The van der Waals surface area contributed by atoms with Crippen molar-refractivity contribution in [1.82, 2.24) is 4.98 Å². The zero-order valence-electron chi connectivity index (χ0n) is 11.8. The average molecular weight is 300 g/mol. The number of para-hydroxylation sites is 1. The third kappa shape index (κ3) is 3.03. The van der Waals surface area contributed by atoms with Gasteiger partial charge in [-0.2, -0.15) is 0 Å². The van der Waals surface area contributed by atoms with Crippen LogP contribution in [0.1, 0.15) is 11.1 Å². The Morgan fingerprint density at radius 2 is 1.86 bits per heavy atom. The number of thiazole rings is 1. The highest BCUT2D eigenvalue weighted by Gasteiger charge is 2.11. The van der Waals surface area contributed by atoms with Crippen LogP contribution in [0.15, 0.2) is 36.4 Å². The van der Waals surface area contributed by atoms with Gasteiger partial charge in [-0.05, 0) is 43.2 Å². The van der Waals surface area contributed by atoms with Crippen LogP contribution in [0.2, 0.25) is 0 Å². The number of benzene rings is 2. The van der Waals surface area contributed by atoms with Crippen LogP contribution in [0.25, 0.3) is 20.8 Å². The van der Waals surface area contributed by atoms with Gasteiger partial charge in [-0.1, -0.05) is 18.2 Å².